The molecule has 1 saturated carbocycles. The van der Waals surface area contributed by atoms with Crippen molar-refractivity contribution in [2.45, 2.75) is 65.0 Å². The highest BCUT2D eigenvalue weighted by molar-refractivity contribution is 5.45. The minimum Gasteiger partial charge on any atom is -0.370 e. The number of pyridine rings is 1. The van der Waals surface area contributed by atoms with Gasteiger partial charge in [0.2, 0.25) is 0 Å². The third kappa shape index (κ3) is 3.51. The molecule has 0 aromatic carbocycles. The number of hydrogen-bond acceptors (Lipinski definition) is 3. The zero-order valence-electron chi connectivity index (χ0n) is 13.4. The van der Waals surface area contributed by atoms with Crippen LogP contribution >= 0.6 is 0 Å². The summed E-state index contributed by atoms with van der Waals surface area (Å²) in [5.41, 5.74) is 8.74. The summed E-state index contributed by atoms with van der Waals surface area (Å²) in [6.07, 6.45) is 8.09. The first kappa shape index (κ1) is 15.3. The highest BCUT2D eigenvalue weighted by Gasteiger charge is 2.29. The molecule has 1 atom stereocenters. The van der Waals surface area contributed by atoms with E-state index in [0.717, 1.165) is 12.1 Å². The second-order valence-electron chi connectivity index (χ2n) is 6.96. The average molecular weight is 275 g/mol. The zero-order valence-corrected chi connectivity index (χ0v) is 13.4. The Morgan fingerprint density at radius 2 is 2.00 bits per heavy atom. The van der Waals surface area contributed by atoms with Gasteiger partial charge in [0.15, 0.2) is 0 Å². The number of anilines is 1. The van der Waals surface area contributed by atoms with Crippen LogP contribution < -0.4 is 10.6 Å². The van der Waals surface area contributed by atoms with E-state index < -0.39 is 0 Å². The van der Waals surface area contributed by atoms with E-state index in [0.29, 0.717) is 11.5 Å². The number of hydrogen-bond donors (Lipinski definition) is 1. The van der Waals surface area contributed by atoms with Crippen molar-refractivity contribution in [2.75, 3.05) is 11.9 Å². The number of aromatic nitrogens is 1. The maximum atomic E-state index is 6.02. The molecule has 20 heavy (non-hydrogen) atoms. The molecule has 1 aromatic rings. The standard InChI is InChI=1S/C17H29N3/c1-5-15(18)16-7-6-14(12-19-16)20(4)13-8-10-17(2,3)11-9-13/h6-7,12-13,15H,5,8-11,18H2,1-4H3/t15-/m0/s1. The Hall–Kier alpha value is -1.09. The van der Waals surface area contributed by atoms with Gasteiger partial charge < -0.3 is 10.6 Å². The summed E-state index contributed by atoms with van der Waals surface area (Å²) in [5.74, 6) is 0. The van der Waals surface area contributed by atoms with Crippen LogP contribution in [0.2, 0.25) is 0 Å². The highest BCUT2D eigenvalue weighted by Crippen LogP contribution is 2.37. The van der Waals surface area contributed by atoms with Crippen LogP contribution in [0.5, 0.6) is 0 Å². The van der Waals surface area contributed by atoms with Crippen LogP contribution in [0.3, 0.4) is 0 Å². The van der Waals surface area contributed by atoms with Gasteiger partial charge in [-0.05, 0) is 49.7 Å². The van der Waals surface area contributed by atoms with Gasteiger partial charge >= 0.3 is 0 Å². The van der Waals surface area contributed by atoms with Crippen molar-refractivity contribution in [1.29, 1.82) is 0 Å². The van der Waals surface area contributed by atoms with Crippen molar-refractivity contribution < 1.29 is 0 Å². The SMILES string of the molecule is CC[C@H](N)c1ccc(N(C)C2CCC(C)(C)CC2)cn1. The van der Waals surface area contributed by atoms with Crippen molar-refractivity contribution in [3.63, 3.8) is 0 Å². The van der Waals surface area contributed by atoms with Crippen molar-refractivity contribution in [2.24, 2.45) is 11.1 Å². The molecule has 112 valence electrons. The molecule has 1 aliphatic carbocycles. The van der Waals surface area contributed by atoms with Crippen molar-refractivity contribution in [3.8, 4) is 0 Å². The summed E-state index contributed by atoms with van der Waals surface area (Å²) < 4.78 is 0. The number of nitrogens with zero attached hydrogens (tertiary/aromatic N) is 2. The molecule has 0 unspecified atom stereocenters. The van der Waals surface area contributed by atoms with E-state index >= 15 is 0 Å². The van der Waals surface area contributed by atoms with Gasteiger partial charge in [-0.15, -0.1) is 0 Å². The summed E-state index contributed by atoms with van der Waals surface area (Å²) in [6, 6.07) is 4.95. The summed E-state index contributed by atoms with van der Waals surface area (Å²) in [6.45, 7) is 6.85. The van der Waals surface area contributed by atoms with Gasteiger partial charge in [0, 0.05) is 19.1 Å². The van der Waals surface area contributed by atoms with Crippen LogP contribution in [-0.2, 0) is 0 Å². The molecule has 1 fully saturated rings. The summed E-state index contributed by atoms with van der Waals surface area (Å²) in [7, 11) is 2.19. The molecular formula is C17H29N3. The minimum absolute atomic E-state index is 0.0600. The van der Waals surface area contributed by atoms with E-state index in [1.54, 1.807) is 0 Å². The molecule has 2 rings (SSSR count). The van der Waals surface area contributed by atoms with Crippen LogP contribution in [0.15, 0.2) is 18.3 Å². The number of rotatable bonds is 4. The van der Waals surface area contributed by atoms with E-state index in [1.807, 2.05) is 6.20 Å². The van der Waals surface area contributed by atoms with Gasteiger partial charge in [0.05, 0.1) is 17.6 Å². The number of nitrogens with two attached hydrogens (primary N) is 1. The fourth-order valence-electron chi connectivity index (χ4n) is 3.02. The Bertz CT molecular complexity index is 414. The first-order valence-electron chi connectivity index (χ1n) is 7.87. The second-order valence-corrected chi connectivity index (χ2v) is 6.96. The Balaban J connectivity index is 2.01. The van der Waals surface area contributed by atoms with E-state index in [-0.39, 0.29) is 6.04 Å². The van der Waals surface area contributed by atoms with E-state index in [1.165, 1.54) is 31.4 Å². The van der Waals surface area contributed by atoms with Crippen LogP contribution in [0, 0.1) is 5.41 Å². The lowest BCUT2D eigenvalue weighted by molar-refractivity contribution is 0.222. The highest BCUT2D eigenvalue weighted by atomic mass is 15.1. The van der Waals surface area contributed by atoms with Gasteiger partial charge in [0.25, 0.3) is 0 Å². The topological polar surface area (TPSA) is 42.1 Å². The first-order chi connectivity index (χ1) is 9.43. The Morgan fingerprint density at radius 3 is 2.50 bits per heavy atom. The molecular weight excluding hydrogens is 246 g/mol. The van der Waals surface area contributed by atoms with Crippen molar-refractivity contribution in [1.82, 2.24) is 4.98 Å². The van der Waals surface area contributed by atoms with Crippen LogP contribution in [0.4, 0.5) is 5.69 Å². The van der Waals surface area contributed by atoms with E-state index in [9.17, 15) is 0 Å². The summed E-state index contributed by atoms with van der Waals surface area (Å²) in [5, 5.41) is 0. The first-order valence-corrected chi connectivity index (χ1v) is 7.87. The van der Waals surface area contributed by atoms with Crippen LogP contribution in [-0.4, -0.2) is 18.1 Å². The maximum absolute atomic E-state index is 6.02. The Morgan fingerprint density at radius 1 is 1.35 bits per heavy atom. The maximum Gasteiger partial charge on any atom is 0.0572 e. The zero-order chi connectivity index (χ0) is 14.8. The smallest absolute Gasteiger partial charge is 0.0572 e. The molecule has 3 heteroatoms. The molecule has 1 aromatic heterocycles. The Labute approximate surface area is 123 Å². The molecule has 0 spiro atoms. The van der Waals surface area contributed by atoms with Crippen LogP contribution in [0.25, 0.3) is 0 Å². The molecule has 0 aliphatic heterocycles. The molecule has 2 N–H and O–H groups in total. The van der Waals surface area contributed by atoms with Crippen molar-refractivity contribution in [3.05, 3.63) is 24.0 Å². The molecule has 1 aliphatic rings. The lowest BCUT2D eigenvalue weighted by Crippen LogP contribution is -2.37. The lowest BCUT2D eigenvalue weighted by atomic mass is 9.75. The predicted molar refractivity (Wildman–Crippen MR) is 85.9 cm³/mol. The van der Waals surface area contributed by atoms with Crippen LogP contribution in [0.1, 0.15) is 64.6 Å². The normalized spacial score (nSPS) is 20.6. The van der Waals surface area contributed by atoms with Gasteiger partial charge in [0.1, 0.15) is 0 Å². The molecule has 0 saturated heterocycles. The molecule has 0 bridgehead atoms. The van der Waals surface area contributed by atoms with E-state index in [4.69, 9.17) is 5.73 Å². The lowest BCUT2D eigenvalue weighted by Gasteiger charge is -2.39. The van der Waals surface area contributed by atoms with Gasteiger partial charge in [-0.3, -0.25) is 4.98 Å². The summed E-state index contributed by atoms with van der Waals surface area (Å²) >= 11 is 0. The quantitative estimate of drug-likeness (QED) is 0.906. The van der Waals surface area contributed by atoms with Gasteiger partial charge in [-0.25, -0.2) is 0 Å². The predicted octanol–water partition coefficient (Wildman–Crippen LogP) is 3.90. The fraction of sp³-hybridized carbons (Fsp3) is 0.706. The molecule has 3 nitrogen and oxygen atoms in total. The Kier molecular flexibility index (Phi) is 4.69. The molecule has 0 radical (unpaired) electrons. The fourth-order valence-corrected chi connectivity index (χ4v) is 3.02. The van der Waals surface area contributed by atoms with Crippen molar-refractivity contribution >= 4 is 5.69 Å². The third-order valence-corrected chi connectivity index (χ3v) is 4.85. The van der Waals surface area contributed by atoms with E-state index in [2.05, 4.69) is 49.8 Å². The molecule has 1 heterocycles. The monoisotopic (exact) mass is 275 g/mol. The van der Waals surface area contributed by atoms with Gasteiger partial charge in [-0.2, -0.15) is 0 Å². The third-order valence-electron chi connectivity index (χ3n) is 4.85. The van der Waals surface area contributed by atoms with Gasteiger partial charge in [-0.1, -0.05) is 20.8 Å². The molecule has 0 amide bonds. The summed E-state index contributed by atoms with van der Waals surface area (Å²) in [4.78, 5) is 6.92. The minimum atomic E-state index is 0.0600. The average Bonchev–Trinajstić information content (AvgIpc) is 2.46. The second kappa shape index (κ2) is 6.13. The largest absolute Gasteiger partial charge is 0.370 e.